The lowest BCUT2D eigenvalue weighted by molar-refractivity contribution is 0.0964. The van der Waals surface area contributed by atoms with E-state index in [4.69, 9.17) is 11.6 Å². The van der Waals surface area contributed by atoms with Crippen LogP contribution >= 0.6 is 11.6 Å². The minimum atomic E-state index is -0.00737. The molecule has 0 N–H and O–H groups in total. The van der Waals surface area contributed by atoms with Crippen LogP contribution in [0.1, 0.15) is 34.7 Å². The van der Waals surface area contributed by atoms with Gasteiger partial charge in [0.2, 0.25) is 0 Å². The van der Waals surface area contributed by atoms with Crippen molar-refractivity contribution in [3.63, 3.8) is 0 Å². The Balaban J connectivity index is 1.82. The second-order valence-electron chi connectivity index (χ2n) is 6.86. The summed E-state index contributed by atoms with van der Waals surface area (Å²) < 4.78 is 1.77. The van der Waals surface area contributed by atoms with E-state index >= 15 is 0 Å². The minimum Gasteiger partial charge on any atom is -0.306 e. The van der Waals surface area contributed by atoms with Gasteiger partial charge in [0.05, 0.1) is 5.52 Å². The van der Waals surface area contributed by atoms with Crippen LogP contribution in [0.25, 0.3) is 10.9 Å². The van der Waals surface area contributed by atoms with Gasteiger partial charge in [-0.2, -0.15) is 0 Å². The van der Waals surface area contributed by atoms with Gasteiger partial charge in [-0.05, 0) is 68.7 Å². The van der Waals surface area contributed by atoms with E-state index in [-0.39, 0.29) is 5.91 Å². The number of benzene rings is 2. The number of nitrogens with zero attached hydrogens (tertiary/aromatic N) is 2. The van der Waals surface area contributed by atoms with Gasteiger partial charge in [0.15, 0.2) is 0 Å². The summed E-state index contributed by atoms with van der Waals surface area (Å²) in [5.74, 6) is 0.483. The Morgan fingerprint density at radius 1 is 1.08 bits per heavy atom. The molecular weight excluding hydrogens is 332 g/mol. The van der Waals surface area contributed by atoms with E-state index in [2.05, 4.69) is 18.0 Å². The molecule has 3 nitrogen and oxygen atoms in total. The first-order valence-corrected chi connectivity index (χ1v) is 9.10. The van der Waals surface area contributed by atoms with Crippen molar-refractivity contribution >= 4 is 28.4 Å². The zero-order valence-corrected chi connectivity index (χ0v) is 15.0. The highest BCUT2D eigenvalue weighted by atomic mass is 35.5. The average Bonchev–Trinajstić information content (AvgIpc) is 3.01. The second kappa shape index (κ2) is 6.66. The molecule has 1 aromatic heterocycles. The van der Waals surface area contributed by atoms with Gasteiger partial charge >= 0.3 is 0 Å². The van der Waals surface area contributed by atoms with Crippen LogP contribution in [-0.4, -0.2) is 35.5 Å². The number of rotatable bonds is 2. The normalized spacial score (nSPS) is 16.4. The molecule has 2 aromatic carbocycles. The number of halogens is 1. The van der Waals surface area contributed by atoms with Gasteiger partial charge in [0, 0.05) is 22.2 Å². The van der Waals surface area contributed by atoms with E-state index in [1.807, 2.05) is 48.7 Å². The first-order valence-electron chi connectivity index (χ1n) is 8.72. The van der Waals surface area contributed by atoms with Crippen molar-refractivity contribution in [2.75, 3.05) is 20.1 Å². The molecule has 0 radical (unpaired) electrons. The lowest BCUT2D eigenvalue weighted by atomic mass is 9.89. The molecule has 1 saturated heterocycles. The molecule has 0 atom stereocenters. The van der Waals surface area contributed by atoms with Gasteiger partial charge in [-0.25, -0.2) is 0 Å². The number of carbonyl (C=O) groups is 1. The average molecular weight is 353 g/mol. The van der Waals surface area contributed by atoms with Gasteiger partial charge in [-0.15, -0.1) is 0 Å². The fraction of sp³-hybridized carbons (Fsp3) is 0.286. The number of carbonyl (C=O) groups excluding carboxylic acids is 1. The van der Waals surface area contributed by atoms with Crippen LogP contribution in [0.3, 0.4) is 0 Å². The van der Waals surface area contributed by atoms with E-state index in [1.165, 1.54) is 5.56 Å². The van der Waals surface area contributed by atoms with E-state index in [0.29, 0.717) is 16.5 Å². The Labute approximate surface area is 152 Å². The number of hydrogen-bond donors (Lipinski definition) is 0. The number of hydrogen-bond acceptors (Lipinski definition) is 2. The molecular formula is C21H21ClN2O. The molecule has 4 rings (SSSR count). The summed E-state index contributed by atoms with van der Waals surface area (Å²) in [7, 11) is 2.16. The summed E-state index contributed by atoms with van der Waals surface area (Å²) in [6, 6.07) is 15.3. The van der Waals surface area contributed by atoms with E-state index in [9.17, 15) is 4.79 Å². The van der Waals surface area contributed by atoms with Gasteiger partial charge in [-0.1, -0.05) is 35.9 Å². The van der Waals surface area contributed by atoms with Crippen LogP contribution in [0.4, 0.5) is 0 Å². The topological polar surface area (TPSA) is 25.2 Å². The van der Waals surface area contributed by atoms with Gasteiger partial charge in [-0.3, -0.25) is 9.36 Å². The molecule has 25 heavy (non-hydrogen) atoms. The van der Waals surface area contributed by atoms with Crippen molar-refractivity contribution in [1.29, 1.82) is 0 Å². The maximum absolute atomic E-state index is 13.0. The molecule has 2 heterocycles. The van der Waals surface area contributed by atoms with Crippen molar-refractivity contribution in [2.45, 2.75) is 18.8 Å². The summed E-state index contributed by atoms with van der Waals surface area (Å²) in [4.78, 5) is 15.4. The van der Waals surface area contributed by atoms with Crippen LogP contribution in [0, 0.1) is 0 Å². The van der Waals surface area contributed by atoms with Gasteiger partial charge in [0.25, 0.3) is 5.91 Å². The summed E-state index contributed by atoms with van der Waals surface area (Å²) in [6.45, 7) is 2.19. The van der Waals surface area contributed by atoms with E-state index in [1.54, 1.807) is 4.57 Å². The van der Waals surface area contributed by atoms with Crippen molar-refractivity contribution in [3.8, 4) is 0 Å². The largest absolute Gasteiger partial charge is 0.306 e. The number of fused-ring (bicyclic) bond motifs is 1. The molecule has 0 spiro atoms. The molecule has 4 heteroatoms. The van der Waals surface area contributed by atoms with Crippen molar-refractivity contribution in [2.24, 2.45) is 0 Å². The molecule has 1 fully saturated rings. The molecule has 0 amide bonds. The molecule has 0 unspecified atom stereocenters. The van der Waals surface area contributed by atoms with Crippen LogP contribution in [0.15, 0.2) is 54.7 Å². The van der Waals surface area contributed by atoms with Crippen LogP contribution in [0.5, 0.6) is 0 Å². The zero-order chi connectivity index (χ0) is 17.4. The SMILES string of the molecule is CN1CCC(c2cn(C(=O)c3ccccc3)c3cc(Cl)ccc23)CC1. The fourth-order valence-corrected chi connectivity index (χ4v) is 3.93. The quantitative estimate of drug-likeness (QED) is 0.662. The molecule has 1 aliphatic heterocycles. The molecule has 0 bridgehead atoms. The number of aromatic nitrogens is 1. The van der Waals surface area contributed by atoms with Crippen molar-refractivity contribution < 1.29 is 4.79 Å². The molecule has 3 aromatic rings. The maximum atomic E-state index is 13.0. The predicted molar refractivity (Wildman–Crippen MR) is 103 cm³/mol. The van der Waals surface area contributed by atoms with Crippen LogP contribution in [-0.2, 0) is 0 Å². The molecule has 0 aliphatic carbocycles. The van der Waals surface area contributed by atoms with E-state index < -0.39 is 0 Å². The third-order valence-electron chi connectivity index (χ3n) is 5.20. The Bertz CT molecular complexity index is 908. The second-order valence-corrected chi connectivity index (χ2v) is 7.30. The van der Waals surface area contributed by atoms with Crippen molar-refractivity contribution in [3.05, 3.63) is 70.9 Å². The first kappa shape index (κ1) is 16.4. The molecule has 128 valence electrons. The smallest absolute Gasteiger partial charge is 0.262 e. The standard InChI is InChI=1S/C21H21ClN2O/c1-23-11-9-15(10-12-23)19-14-24(20-13-17(22)7-8-18(19)20)21(25)16-5-3-2-4-6-16/h2-8,13-15H,9-12H2,1H3. The lowest BCUT2D eigenvalue weighted by Crippen LogP contribution is -2.29. The zero-order valence-electron chi connectivity index (χ0n) is 14.3. The first-order chi connectivity index (χ1) is 12.1. The van der Waals surface area contributed by atoms with Crippen LogP contribution < -0.4 is 0 Å². The highest BCUT2D eigenvalue weighted by Gasteiger charge is 2.24. The fourth-order valence-electron chi connectivity index (χ4n) is 3.76. The summed E-state index contributed by atoms with van der Waals surface area (Å²) in [5.41, 5.74) is 2.86. The summed E-state index contributed by atoms with van der Waals surface area (Å²) >= 11 is 6.22. The Kier molecular flexibility index (Phi) is 4.36. The Morgan fingerprint density at radius 2 is 1.80 bits per heavy atom. The molecule has 1 aliphatic rings. The van der Waals surface area contributed by atoms with Crippen LogP contribution in [0.2, 0.25) is 5.02 Å². The number of piperidine rings is 1. The Hall–Kier alpha value is -2.10. The van der Waals surface area contributed by atoms with E-state index in [0.717, 1.165) is 36.8 Å². The summed E-state index contributed by atoms with van der Waals surface area (Å²) in [6.07, 6.45) is 4.28. The third kappa shape index (κ3) is 3.10. The highest BCUT2D eigenvalue weighted by molar-refractivity contribution is 6.31. The third-order valence-corrected chi connectivity index (χ3v) is 5.43. The molecule has 0 saturated carbocycles. The predicted octanol–water partition coefficient (Wildman–Crippen LogP) is 4.79. The highest BCUT2D eigenvalue weighted by Crippen LogP contribution is 2.35. The maximum Gasteiger partial charge on any atom is 0.262 e. The van der Waals surface area contributed by atoms with Gasteiger partial charge in [0.1, 0.15) is 0 Å². The summed E-state index contributed by atoms with van der Waals surface area (Å²) in [5, 5.41) is 1.80. The lowest BCUT2D eigenvalue weighted by Gasteiger charge is -2.28. The number of likely N-dealkylation sites (tertiary alicyclic amines) is 1. The Morgan fingerprint density at radius 3 is 2.52 bits per heavy atom. The monoisotopic (exact) mass is 352 g/mol. The van der Waals surface area contributed by atoms with Crippen molar-refractivity contribution in [1.82, 2.24) is 9.47 Å². The minimum absolute atomic E-state index is 0.00737. The van der Waals surface area contributed by atoms with Gasteiger partial charge < -0.3 is 4.90 Å².